The summed E-state index contributed by atoms with van der Waals surface area (Å²) in [6, 6.07) is 11.2. The zero-order valence-electron chi connectivity index (χ0n) is 17.4. The summed E-state index contributed by atoms with van der Waals surface area (Å²) in [6.45, 7) is 5.18. The average Bonchev–Trinajstić information content (AvgIpc) is 2.66. The van der Waals surface area contributed by atoms with Crippen LogP contribution in [0.5, 0.6) is 5.75 Å². The monoisotopic (exact) mass is 582 g/mol. The fraction of sp³-hybridized carbons (Fsp3) is 0.190. The van der Waals surface area contributed by atoms with Gasteiger partial charge in [0.2, 0.25) is 5.95 Å². The number of carbonyl (C=O) groups is 1. The highest BCUT2D eigenvalue weighted by Crippen LogP contribution is 2.32. The third-order valence-corrected chi connectivity index (χ3v) is 6.59. The number of nitrogens with one attached hydrogen (secondary N) is 2. The molecule has 8 nitrogen and oxygen atoms in total. The van der Waals surface area contributed by atoms with Gasteiger partial charge in [-0.3, -0.25) is 4.79 Å². The second-order valence-corrected chi connectivity index (χ2v) is 10.4. The van der Waals surface area contributed by atoms with Gasteiger partial charge in [-0.25, -0.2) is 23.1 Å². The fourth-order valence-corrected chi connectivity index (χ4v) is 5.37. The van der Waals surface area contributed by atoms with E-state index in [0.29, 0.717) is 22.8 Å². The van der Waals surface area contributed by atoms with Gasteiger partial charge in [0.05, 0.1) is 9.37 Å². The van der Waals surface area contributed by atoms with Crippen LogP contribution in [0.4, 0.5) is 11.6 Å². The number of aromatic nitrogens is 2. The first-order chi connectivity index (χ1) is 15.0. The normalized spacial score (nSPS) is 11.2. The van der Waals surface area contributed by atoms with Crippen molar-refractivity contribution < 1.29 is 17.9 Å². The van der Waals surface area contributed by atoms with Gasteiger partial charge in [0.1, 0.15) is 5.75 Å². The van der Waals surface area contributed by atoms with Crippen LogP contribution in [0, 0.1) is 20.8 Å². The van der Waals surface area contributed by atoms with Gasteiger partial charge in [0.25, 0.3) is 15.9 Å². The number of hydrogen-bond acceptors (Lipinski definition) is 6. The summed E-state index contributed by atoms with van der Waals surface area (Å²) in [4.78, 5) is 20.4. The van der Waals surface area contributed by atoms with Crippen LogP contribution in [0.15, 0.2) is 56.3 Å². The predicted molar refractivity (Wildman–Crippen MR) is 129 cm³/mol. The number of anilines is 2. The number of carbonyl (C=O) groups excluding carboxylic acids is 1. The molecule has 32 heavy (non-hydrogen) atoms. The Labute approximate surface area is 203 Å². The number of sulfonamides is 1. The van der Waals surface area contributed by atoms with Crippen LogP contribution in [0.2, 0.25) is 0 Å². The molecule has 0 atom stereocenters. The summed E-state index contributed by atoms with van der Waals surface area (Å²) in [5, 5.41) is 2.68. The van der Waals surface area contributed by atoms with Gasteiger partial charge in [0, 0.05) is 21.5 Å². The van der Waals surface area contributed by atoms with Crippen LogP contribution >= 0.6 is 31.9 Å². The Kier molecular flexibility index (Phi) is 7.52. The number of halogens is 2. The van der Waals surface area contributed by atoms with E-state index in [2.05, 4.69) is 51.9 Å². The zero-order chi connectivity index (χ0) is 23.5. The first kappa shape index (κ1) is 24.1. The van der Waals surface area contributed by atoms with E-state index in [0.717, 1.165) is 14.5 Å². The standard InChI is InChI=1S/C21H20Br2N4O4S/c1-12-8-15(22)10-18(23)20(12)31-11-19(28)26-16-4-6-17(7-5-16)32(29,30)27-21-24-13(2)9-14(3)25-21/h4-10H,11H2,1-3H3,(H,26,28)(H,24,25,27). The van der Waals surface area contributed by atoms with Crippen molar-refractivity contribution in [2.45, 2.75) is 25.7 Å². The molecule has 3 rings (SSSR count). The van der Waals surface area contributed by atoms with Crippen molar-refractivity contribution in [3.63, 3.8) is 0 Å². The minimum atomic E-state index is -3.87. The summed E-state index contributed by atoms with van der Waals surface area (Å²) < 4.78 is 34.8. The van der Waals surface area contributed by atoms with Gasteiger partial charge >= 0.3 is 0 Å². The van der Waals surface area contributed by atoms with Gasteiger partial charge in [-0.05, 0) is 84.7 Å². The lowest BCUT2D eigenvalue weighted by Gasteiger charge is -2.12. The summed E-state index contributed by atoms with van der Waals surface area (Å²) in [5.74, 6) is 0.201. The molecule has 0 spiro atoms. The number of benzene rings is 2. The van der Waals surface area contributed by atoms with Crippen LogP contribution in [-0.2, 0) is 14.8 Å². The molecule has 0 saturated heterocycles. The summed E-state index contributed by atoms with van der Waals surface area (Å²) in [5.41, 5.74) is 2.61. The molecular formula is C21H20Br2N4O4S. The highest BCUT2D eigenvalue weighted by Gasteiger charge is 2.17. The molecule has 0 bridgehead atoms. The molecule has 0 aliphatic carbocycles. The van der Waals surface area contributed by atoms with Crippen molar-refractivity contribution in [2.75, 3.05) is 16.6 Å². The van der Waals surface area contributed by atoms with Crippen LogP contribution in [0.25, 0.3) is 0 Å². The molecule has 0 aliphatic rings. The maximum Gasteiger partial charge on any atom is 0.264 e. The molecule has 11 heteroatoms. The number of nitrogens with zero attached hydrogens (tertiary/aromatic N) is 2. The molecule has 2 aromatic carbocycles. The van der Waals surface area contributed by atoms with Gasteiger partial charge in [-0.1, -0.05) is 15.9 Å². The Bertz CT molecular complexity index is 1220. The Hall–Kier alpha value is -2.50. The first-order valence-electron chi connectivity index (χ1n) is 9.37. The third-order valence-electron chi connectivity index (χ3n) is 4.20. The summed E-state index contributed by atoms with van der Waals surface area (Å²) in [6.07, 6.45) is 0. The van der Waals surface area contributed by atoms with E-state index < -0.39 is 10.0 Å². The summed E-state index contributed by atoms with van der Waals surface area (Å²) in [7, 11) is -3.87. The van der Waals surface area contributed by atoms with Crippen molar-refractivity contribution >= 4 is 59.4 Å². The Morgan fingerprint density at radius 1 is 1.00 bits per heavy atom. The number of hydrogen-bond donors (Lipinski definition) is 2. The minimum Gasteiger partial charge on any atom is -0.482 e. The van der Waals surface area contributed by atoms with E-state index in [1.807, 2.05) is 19.1 Å². The molecular weight excluding hydrogens is 564 g/mol. The smallest absolute Gasteiger partial charge is 0.264 e. The SMILES string of the molecule is Cc1cc(C)nc(NS(=O)(=O)c2ccc(NC(=O)COc3c(C)cc(Br)cc3Br)cc2)n1. The quantitative estimate of drug-likeness (QED) is 0.415. The maximum absolute atomic E-state index is 12.6. The maximum atomic E-state index is 12.6. The highest BCUT2D eigenvalue weighted by molar-refractivity contribution is 9.11. The van der Waals surface area contributed by atoms with E-state index in [4.69, 9.17) is 4.74 Å². The van der Waals surface area contributed by atoms with E-state index in [1.165, 1.54) is 24.3 Å². The lowest BCUT2D eigenvalue weighted by molar-refractivity contribution is -0.118. The molecule has 1 amide bonds. The van der Waals surface area contributed by atoms with E-state index in [9.17, 15) is 13.2 Å². The van der Waals surface area contributed by atoms with Gasteiger partial charge in [0.15, 0.2) is 6.61 Å². The van der Waals surface area contributed by atoms with Gasteiger partial charge in [-0.15, -0.1) is 0 Å². The second-order valence-electron chi connectivity index (χ2n) is 6.97. The van der Waals surface area contributed by atoms with Crippen molar-refractivity contribution in [3.05, 3.63) is 68.4 Å². The Morgan fingerprint density at radius 2 is 1.62 bits per heavy atom. The molecule has 168 valence electrons. The predicted octanol–water partition coefficient (Wildman–Crippen LogP) is 4.75. The van der Waals surface area contributed by atoms with Gasteiger partial charge in [-0.2, -0.15) is 0 Å². The molecule has 2 N–H and O–H groups in total. The number of ether oxygens (including phenoxy) is 1. The Morgan fingerprint density at radius 3 is 2.22 bits per heavy atom. The number of amides is 1. The van der Waals surface area contributed by atoms with Crippen molar-refractivity contribution in [2.24, 2.45) is 0 Å². The molecule has 1 heterocycles. The fourth-order valence-electron chi connectivity index (χ4n) is 2.87. The zero-order valence-corrected chi connectivity index (χ0v) is 21.4. The van der Waals surface area contributed by atoms with E-state index >= 15 is 0 Å². The molecule has 0 fully saturated rings. The minimum absolute atomic E-state index is 0.00595. The van der Waals surface area contributed by atoms with Crippen LogP contribution < -0.4 is 14.8 Å². The first-order valence-corrected chi connectivity index (χ1v) is 12.4. The number of aryl methyl sites for hydroxylation is 3. The highest BCUT2D eigenvalue weighted by atomic mass is 79.9. The largest absolute Gasteiger partial charge is 0.482 e. The molecule has 0 saturated carbocycles. The average molecular weight is 584 g/mol. The third kappa shape index (κ3) is 6.27. The lowest BCUT2D eigenvalue weighted by atomic mass is 10.2. The van der Waals surface area contributed by atoms with Crippen molar-refractivity contribution in [3.8, 4) is 5.75 Å². The molecule has 0 radical (unpaired) electrons. The van der Waals surface area contributed by atoms with Crippen LogP contribution in [-0.4, -0.2) is 30.9 Å². The lowest BCUT2D eigenvalue weighted by Crippen LogP contribution is -2.20. The summed E-state index contributed by atoms with van der Waals surface area (Å²) >= 11 is 6.81. The molecule has 0 aliphatic heterocycles. The number of rotatable bonds is 7. The van der Waals surface area contributed by atoms with Crippen LogP contribution in [0.3, 0.4) is 0 Å². The van der Waals surface area contributed by atoms with Crippen LogP contribution in [0.1, 0.15) is 17.0 Å². The van der Waals surface area contributed by atoms with Crippen molar-refractivity contribution in [1.82, 2.24) is 9.97 Å². The van der Waals surface area contributed by atoms with Gasteiger partial charge < -0.3 is 10.1 Å². The molecule has 1 aromatic heterocycles. The molecule has 0 unspecified atom stereocenters. The van der Waals surface area contributed by atoms with E-state index in [1.54, 1.807) is 19.9 Å². The topological polar surface area (TPSA) is 110 Å². The van der Waals surface area contributed by atoms with Crippen molar-refractivity contribution in [1.29, 1.82) is 0 Å². The second kappa shape index (κ2) is 9.97. The molecule has 3 aromatic rings. The Balaban J connectivity index is 1.63. The van der Waals surface area contributed by atoms with E-state index in [-0.39, 0.29) is 23.4 Å².